The Kier molecular flexibility index (Phi) is 6.64. The van der Waals surface area contributed by atoms with Gasteiger partial charge in [-0.3, -0.25) is 9.36 Å². The summed E-state index contributed by atoms with van der Waals surface area (Å²) in [5.74, 6) is 2.02. The molecule has 162 valence electrons. The number of rotatable bonds is 6. The van der Waals surface area contributed by atoms with Crippen molar-refractivity contribution in [1.29, 1.82) is 0 Å². The number of piperidine rings is 1. The van der Waals surface area contributed by atoms with Gasteiger partial charge in [0.25, 0.3) is 0 Å². The number of nitrogens with zero attached hydrogens (tertiary/aromatic N) is 4. The summed E-state index contributed by atoms with van der Waals surface area (Å²) in [5.41, 5.74) is 0.740. The van der Waals surface area contributed by atoms with Crippen LogP contribution in [0.1, 0.15) is 50.0 Å². The molecule has 1 aliphatic rings. The quantitative estimate of drug-likeness (QED) is 0.679. The highest BCUT2D eigenvalue weighted by molar-refractivity contribution is 5.92. The third kappa shape index (κ3) is 4.42. The first-order valence-electron chi connectivity index (χ1n) is 10.2. The SMILES string of the molecule is COc1ccc(/C=C/C(=O)N2CCCC(c3nn(C)c(=O)n3C(C)C)C2)cc1OC. The first kappa shape index (κ1) is 21.7. The summed E-state index contributed by atoms with van der Waals surface area (Å²) in [5, 5.41) is 4.46. The van der Waals surface area contributed by atoms with Crippen LogP contribution in [0.25, 0.3) is 6.08 Å². The predicted molar refractivity (Wildman–Crippen MR) is 115 cm³/mol. The van der Waals surface area contributed by atoms with E-state index >= 15 is 0 Å². The zero-order valence-electron chi connectivity index (χ0n) is 18.3. The summed E-state index contributed by atoms with van der Waals surface area (Å²) >= 11 is 0. The van der Waals surface area contributed by atoms with Crippen LogP contribution in [0.3, 0.4) is 0 Å². The minimum Gasteiger partial charge on any atom is -0.493 e. The fourth-order valence-corrected chi connectivity index (χ4v) is 3.88. The number of methoxy groups -OCH3 is 2. The maximum atomic E-state index is 12.8. The van der Waals surface area contributed by atoms with Gasteiger partial charge in [-0.15, -0.1) is 0 Å². The molecule has 1 aromatic heterocycles. The molecule has 2 aromatic rings. The van der Waals surface area contributed by atoms with E-state index in [1.807, 2.05) is 36.9 Å². The molecule has 0 saturated carbocycles. The molecule has 1 aliphatic heterocycles. The molecule has 1 aromatic carbocycles. The van der Waals surface area contributed by atoms with E-state index in [-0.39, 0.29) is 23.6 Å². The van der Waals surface area contributed by atoms with Crippen molar-refractivity contribution in [2.24, 2.45) is 7.05 Å². The Bertz CT molecular complexity index is 990. The number of hydrogen-bond donors (Lipinski definition) is 0. The molecule has 8 nitrogen and oxygen atoms in total. The van der Waals surface area contributed by atoms with Crippen LogP contribution in [0.15, 0.2) is 29.1 Å². The van der Waals surface area contributed by atoms with Crippen LogP contribution in [0.4, 0.5) is 0 Å². The average Bonchev–Trinajstić information content (AvgIpc) is 3.06. The highest BCUT2D eigenvalue weighted by Crippen LogP contribution is 2.29. The van der Waals surface area contributed by atoms with Crippen LogP contribution in [-0.4, -0.2) is 52.5 Å². The number of amides is 1. The molecular formula is C22H30N4O4. The molecule has 1 unspecified atom stereocenters. The van der Waals surface area contributed by atoms with Crippen molar-refractivity contribution < 1.29 is 14.3 Å². The molecule has 30 heavy (non-hydrogen) atoms. The lowest BCUT2D eigenvalue weighted by atomic mass is 9.96. The van der Waals surface area contributed by atoms with Crippen molar-refractivity contribution in [3.05, 3.63) is 46.1 Å². The molecule has 0 N–H and O–H groups in total. The maximum Gasteiger partial charge on any atom is 0.345 e. The van der Waals surface area contributed by atoms with Gasteiger partial charge in [-0.2, -0.15) is 5.10 Å². The molecule has 1 fully saturated rings. The first-order chi connectivity index (χ1) is 14.3. The summed E-state index contributed by atoms with van der Waals surface area (Å²) in [6.45, 7) is 5.21. The highest BCUT2D eigenvalue weighted by Gasteiger charge is 2.29. The third-order valence-electron chi connectivity index (χ3n) is 5.42. The molecule has 8 heteroatoms. The van der Waals surface area contributed by atoms with E-state index in [2.05, 4.69) is 5.10 Å². The zero-order chi connectivity index (χ0) is 21.8. The Hall–Kier alpha value is -3.03. The molecule has 0 aliphatic carbocycles. The van der Waals surface area contributed by atoms with Crippen LogP contribution in [-0.2, 0) is 11.8 Å². The van der Waals surface area contributed by atoms with Gasteiger partial charge in [0.2, 0.25) is 5.91 Å². The highest BCUT2D eigenvalue weighted by atomic mass is 16.5. The molecule has 0 spiro atoms. The zero-order valence-corrected chi connectivity index (χ0v) is 18.3. The van der Waals surface area contributed by atoms with E-state index in [1.165, 1.54) is 4.68 Å². The smallest absolute Gasteiger partial charge is 0.345 e. The van der Waals surface area contributed by atoms with Crippen LogP contribution in [0.2, 0.25) is 0 Å². The number of hydrogen-bond acceptors (Lipinski definition) is 5. The van der Waals surface area contributed by atoms with Crippen molar-refractivity contribution in [2.75, 3.05) is 27.3 Å². The third-order valence-corrected chi connectivity index (χ3v) is 5.42. The van der Waals surface area contributed by atoms with Gasteiger partial charge < -0.3 is 14.4 Å². The minimum atomic E-state index is -0.114. The van der Waals surface area contributed by atoms with Gasteiger partial charge in [0.05, 0.1) is 14.2 Å². The van der Waals surface area contributed by atoms with E-state index in [0.717, 1.165) is 24.2 Å². The maximum absolute atomic E-state index is 12.8. The number of aryl methyl sites for hydroxylation is 1. The first-order valence-corrected chi connectivity index (χ1v) is 10.2. The Labute approximate surface area is 176 Å². The fraction of sp³-hybridized carbons (Fsp3) is 0.500. The lowest BCUT2D eigenvalue weighted by molar-refractivity contribution is -0.127. The molecular weight excluding hydrogens is 384 g/mol. The molecule has 1 saturated heterocycles. The number of ether oxygens (including phenoxy) is 2. The topological polar surface area (TPSA) is 78.6 Å². The van der Waals surface area contributed by atoms with Crippen LogP contribution in [0, 0.1) is 0 Å². The van der Waals surface area contributed by atoms with Gasteiger partial charge in [0.1, 0.15) is 5.82 Å². The van der Waals surface area contributed by atoms with Crippen LogP contribution in [0.5, 0.6) is 11.5 Å². The van der Waals surface area contributed by atoms with E-state index in [9.17, 15) is 9.59 Å². The van der Waals surface area contributed by atoms with Gasteiger partial charge in [-0.05, 0) is 50.5 Å². The Balaban J connectivity index is 1.75. The van der Waals surface area contributed by atoms with Crippen LogP contribution < -0.4 is 15.2 Å². The lowest BCUT2D eigenvalue weighted by Gasteiger charge is -2.32. The Morgan fingerprint density at radius 1 is 1.23 bits per heavy atom. The number of likely N-dealkylation sites (tertiary alicyclic amines) is 1. The second kappa shape index (κ2) is 9.19. The summed E-state index contributed by atoms with van der Waals surface area (Å²) in [7, 11) is 4.84. The second-order valence-corrected chi connectivity index (χ2v) is 7.80. The fourth-order valence-electron chi connectivity index (χ4n) is 3.88. The lowest BCUT2D eigenvalue weighted by Crippen LogP contribution is -2.39. The van der Waals surface area contributed by atoms with E-state index in [4.69, 9.17) is 9.47 Å². The Morgan fingerprint density at radius 3 is 2.63 bits per heavy atom. The Morgan fingerprint density at radius 2 is 1.97 bits per heavy atom. The monoisotopic (exact) mass is 414 g/mol. The summed E-state index contributed by atoms with van der Waals surface area (Å²) in [6, 6.07) is 5.54. The second-order valence-electron chi connectivity index (χ2n) is 7.80. The minimum absolute atomic E-state index is 0.0252. The number of benzene rings is 1. The standard InChI is InChI=1S/C22H30N4O4/c1-15(2)26-21(23-24(3)22(26)28)17-7-6-12-25(14-17)20(27)11-9-16-8-10-18(29-4)19(13-16)30-5/h8-11,13,15,17H,6-7,12,14H2,1-5H3/b11-9+. The average molecular weight is 415 g/mol. The number of aromatic nitrogens is 3. The van der Waals surface area contributed by atoms with E-state index < -0.39 is 0 Å². The summed E-state index contributed by atoms with van der Waals surface area (Å²) in [6.07, 6.45) is 5.14. The van der Waals surface area contributed by atoms with Gasteiger partial charge in [0, 0.05) is 38.2 Å². The predicted octanol–water partition coefficient (Wildman–Crippen LogP) is 2.60. The van der Waals surface area contributed by atoms with Gasteiger partial charge in [-0.1, -0.05) is 6.07 Å². The molecule has 3 rings (SSSR count). The van der Waals surface area contributed by atoms with E-state index in [1.54, 1.807) is 38.0 Å². The van der Waals surface area contributed by atoms with Gasteiger partial charge >= 0.3 is 5.69 Å². The van der Waals surface area contributed by atoms with Gasteiger partial charge in [0.15, 0.2) is 11.5 Å². The van der Waals surface area contributed by atoms with Crippen molar-refractivity contribution >= 4 is 12.0 Å². The molecule has 1 atom stereocenters. The molecule has 0 bridgehead atoms. The number of carbonyl (C=O) groups is 1. The summed E-state index contributed by atoms with van der Waals surface area (Å²) in [4.78, 5) is 27.0. The van der Waals surface area contributed by atoms with E-state index in [0.29, 0.717) is 24.6 Å². The molecule has 0 radical (unpaired) electrons. The van der Waals surface area contributed by atoms with Crippen molar-refractivity contribution in [3.8, 4) is 11.5 Å². The summed E-state index contributed by atoms with van der Waals surface area (Å²) < 4.78 is 13.7. The largest absolute Gasteiger partial charge is 0.493 e. The van der Waals surface area contributed by atoms with Crippen molar-refractivity contribution in [3.63, 3.8) is 0 Å². The van der Waals surface area contributed by atoms with Gasteiger partial charge in [-0.25, -0.2) is 9.48 Å². The van der Waals surface area contributed by atoms with Crippen molar-refractivity contribution in [2.45, 2.75) is 38.6 Å². The molecule has 1 amide bonds. The molecule has 2 heterocycles. The normalized spacial score (nSPS) is 17.0. The van der Waals surface area contributed by atoms with Crippen molar-refractivity contribution in [1.82, 2.24) is 19.2 Å². The number of carbonyl (C=O) groups excluding carboxylic acids is 1. The van der Waals surface area contributed by atoms with Crippen LogP contribution >= 0.6 is 0 Å².